The Kier molecular flexibility index (Phi) is 8.85. The molecule has 12 nitrogen and oxygen atoms in total. The highest BCUT2D eigenvalue weighted by Crippen LogP contribution is 2.04. The summed E-state index contributed by atoms with van der Waals surface area (Å²) in [5.74, 6) is -6.35. The van der Waals surface area contributed by atoms with Crippen molar-refractivity contribution in [1.82, 2.24) is 0 Å². The lowest BCUT2D eigenvalue weighted by molar-refractivity contribution is -0.152. The van der Waals surface area contributed by atoms with E-state index in [1.54, 1.807) is 0 Å². The van der Waals surface area contributed by atoms with Crippen LogP contribution in [-0.4, -0.2) is 73.7 Å². The molecule has 0 heterocycles. The first-order valence-corrected chi connectivity index (χ1v) is 6.32. The van der Waals surface area contributed by atoms with Crippen molar-refractivity contribution in [3.05, 3.63) is 0 Å². The summed E-state index contributed by atoms with van der Waals surface area (Å²) in [6.45, 7) is 0. The Morgan fingerprint density at radius 2 is 1.19 bits per heavy atom. The van der Waals surface area contributed by atoms with E-state index in [0.29, 0.717) is 0 Å². The Balaban J connectivity index is 0. The van der Waals surface area contributed by atoms with Crippen LogP contribution in [0.5, 0.6) is 0 Å². The van der Waals surface area contributed by atoms with Crippen molar-refractivity contribution in [2.24, 2.45) is 0 Å². The SMILES string of the molecule is O=C(O)CC(C(=O)O)S(=O)(=O)O.O=C(O)CC(O)C(=O)O. The van der Waals surface area contributed by atoms with Crippen LogP contribution in [0.4, 0.5) is 0 Å². The predicted octanol–water partition coefficient (Wildman–Crippen LogP) is -2.29. The van der Waals surface area contributed by atoms with E-state index in [0.717, 1.165) is 0 Å². The zero-order chi connectivity index (χ0) is 17.4. The maximum absolute atomic E-state index is 10.2. The molecule has 0 radical (unpaired) electrons. The van der Waals surface area contributed by atoms with Crippen molar-refractivity contribution in [2.45, 2.75) is 24.2 Å². The quantitative estimate of drug-likeness (QED) is 0.271. The molecular weight excluding hydrogens is 320 g/mol. The minimum atomic E-state index is -4.84. The first kappa shape index (κ1) is 21.1. The van der Waals surface area contributed by atoms with Gasteiger partial charge < -0.3 is 25.5 Å². The van der Waals surface area contributed by atoms with E-state index in [1.807, 2.05) is 0 Å². The van der Waals surface area contributed by atoms with Crippen LogP contribution in [0.15, 0.2) is 0 Å². The highest BCUT2D eigenvalue weighted by Gasteiger charge is 2.33. The number of aliphatic carboxylic acids is 4. The number of hydrogen-bond acceptors (Lipinski definition) is 7. The number of aliphatic hydroxyl groups excluding tert-OH is 1. The molecule has 6 N–H and O–H groups in total. The molecule has 0 aromatic heterocycles. The van der Waals surface area contributed by atoms with Gasteiger partial charge in [-0.2, -0.15) is 8.42 Å². The van der Waals surface area contributed by atoms with Crippen molar-refractivity contribution in [1.29, 1.82) is 0 Å². The molecule has 0 rings (SSSR count). The Labute approximate surface area is 117 Å². The standard InChI is InChI=1S/C4H6O7S.C4H6O5/c5-3(6)1-2(4(7)8)12(9,10)11;5-2(4(8)9)1-3(6)7/h2H,1H2,(H,5,6)(H,7,8)(H,9,10,11);2,5H,1H2,(H,6,7)(H,8,9). The monoisotopic (exact) mass is 332 g/mol. The van der Waals surface area contributed by atoms with Crippen molar-refractivity contribution in [3.8, 4) is 0 Å². The minimum Gasteiger partial charge on any atom is -0.481 e. The second-order valence-electron chi connectivity index (χ2n) is 3.39. The highest BCUT2D eigenvalue weighted by molar-refractivity contribution is 7.87. The van der Waals surface area contributed by atoms with Gasteiger partial charge in [0.1, 0.15) is 0 Å². The summed E-state index contributed by atoms with van der Waals surface area (Å²) in [5, 5.41) is 38.1. The van der Waals surface area contributed by atoms with Crippen LogP contribution in [0.2, 0.25) is 0 Å². The van der Waals surface area contributed by atoms with Crippen LogP contribution >= 0.6 is 0 Å². The van der Waals surface area contributed by atoms with E-state index < -0.39 is 58.2 Å². The van der Waals surface area contributed by atoms with E-state index in [-0.39, 0.29) is 0 Å². The molecule has 0 saturated carbocycles. The van der Waals surface area contributed by atoms with Gasteiger partial charge in [0.05, 0.1) is 12.8 Å². The normalized spacial score (nSPS) is 13.2. The van der Waals surface area contributed by atoms with E-state index in [1.165, 1.54) is 0 Å². The maximum atomic E-state index is 10.2. The number of hydrogen-bond donors (Lipinski definition) is 6. The van der Waals surface area contributed by atoms with Gasteiger partial charge in [-0.15, -0.1) is 0 Å². The van der Waals surface area contributed by atoms with Crippen molar-refractivity contribution in [3.63, 3.8) is 0 Å². The van der Waals surface area contributed by atoms with Gasteiger partial charge in [-0.1, -0.05) is 0 Å². The summed E-state index contributed by atoms with van der Waals surface area (Å²) >= 11 is 0. The van der Waals surface area contributed by atoms with Crippen LogP contribution in [0, 0.1) is 0 Å². The molecule has 13 heteroatoms. The van der Waals surface area contributed by atoms with Crippen LogP contribution in [0.25, 0.3) is 0 Å². The molecule has 0 saturated heterocycles. The van der Waals surface area contributed by atoms with Gasteiger partial charge in [-0.3, -0.25) is 18.9 Å². The first-order valence-electron chi connectivity index (χ1n) is 4.82. The fraction of sp³-hybridized carbons (Fsp3) is 0.500. The average molecular weight is 332 g/mol. The average Bonchev–Trinajstić information content (AvgIpc) is 2.23. The third-order valence-corrected chi connectivity index (χ3v) is 2.74. The summed E-state index contributed by atoms with van der Waals surface area (Å²) in [6, 6.07) is 0. The molecule has 0 fully saturated rings. The molecule has 0 aliphatic carbocycles. The molecule has 21 heavy (non-hydrogen) atoms. The van der Waals surface area contributed by atoms with Crippen LogP contribution in [0.1, 0.15) is 12.8 Å². The number of aliphatic hydroxyl groups is 1. The van der Waals surface area contributed by atoms with Crippen molar-refractivity contribution < 1.29 is 57.7 Å². The molecule has 2 atom stereocenters. The fourth-order valence-electron chi connectivity index (χ4n) is 0.731. The molecule has 0 aliphatic rings. The second kappa shape index (κ2) is 8.83. The molecule has 0 spiro atoms. The molecular formula is C8H12O12S. The van der Waals surface area contributed by atoms with Crippen LogP contribution in [-0.2, 0) is 29.3 Å². The molecule has 0 aromatic carbocycles. The van der Waals surface area contributed by atoms with Gasteiger partial charge in [0.15, 0.2) is 11.4 Å². The summed E-state index contributed by atoms with van der Waals surface area (Å²) in [6.07, 6.45) is -3.70. The topological polar surface area (TPSA) is 224 Å². The molecule has 2 unspecified atom stereocenters. The minimum absolute atomic E-state index is 0.755. The smallest absolute Gasteiger partial charge is 0.333 e. The summed E-state index contributed by atoms with van der Waals surface area (Å²) < 4.78 is 28.7. The molecule has 0 aliphatic heterocycles. The van der Waals surface area contributed by atoms with E-state index >= 15 is 0 Å². The van der Waals surface area contributed by atoms with Gasteiger partial charge in [-0.05, 0) is 0 Å². The zero-order valence-electron chi connectivity index (χ0n) is 10.1. The lowest BCUT2D eigenvalue weighted by Crippen LogP contribution is -2.31. The first-order chi connectivity index (χ1) is 9.28. The predicted molar refractivity (Wildman–Crippen MR) is 61.1 cm³/mol. The number of carboxylic acids is 4. The molecule has 122 valence electrons. The van der Waals surface area contributed by atoms with E-state index in [2.05, 4.69) is 0 Å². The summed E-state index contributed by atoms with van der Waals surface area (Å²) in [7, 11) is -4.84. The van der Waals surface area contributed by atoms with E-state index in [4.69, 9.17) is 30.1 Å². The number of carboxylic acid groups (broad SMARTS) is 4. The Morgan fingerprint density at radius 1 is 0.810 bits per heavy atom. The second-order valence-corrected chi connectivity index (χ2v) is 4.99. The largest absolute Gasteiger partial charge is 0.481 e. The lowest BCUT2D eigenvalue weighted by Gasteiger charge is -2.04. The summed E-state index contributed by atoms with van der Waals surface area (Å²) in [4.78, 5) is 39.4. The molecule has 0 bridgehead atoms. The summed E-state index contributed by atoms with van der Waals surface area (Å²) in [5.41, 5.74) is 0. The maximum Gasteiger partial charge on any atom is 0.333 e. The fourth-order valence-corrected chi connectivity index (χ4v) is 1.34. The van der Waals surface area contributed by atoms with Crippen LogP contribution < -0.4 is 0 Å². The van der Waals surface area contributed by atoms with Gasteiger partial charge in [0.2, 0.25) is 0 Å². The molecule has 0 aromatic rings. The Bertz CT molecular complexity index is 505. The number of carbonyl (C=O) groups is 4. The third-order valence-electron chi connectivity index (χ3n) is 1.65. The third kappa shape index (κ3) is 11.3. The lowest BCUT2D eigenvalue weighted by atomic mass is 10.3. The van der Waals surface area contributed by atoms with Gasteiger partial charge >= 0.3 is 23.9 Å². The van der Waals surface area contributed by atoms with Gasteiger partial charge in [-0.25, -0.2) is 4.79 Å². The highest BCUT2D eigenvalue weighted by atomic mass is 32.2. The zero-order valence-corrected chi connectivity index (χ0v) is 10.9. The van der Waals surface area contributed by atoms with Crippen LogP contribution in [0.3, 0.4) is 0 Å². The van der Waals surface area contributed by atoms with E-state index in [9.17, 15) is 27.6 Å². The Hall–Kier alpha value is -2.25. The van der Waals surface area contributed by atoms with Gasteiger partial charge in [0, 0.05) is 0 Å². The van der Waals surface area contributed by atoms with Crippen molar-refractivity contribution >= 4 is 34.0 Å². The Morgan fingerprint density at radius 3 is 1.29 bits per heavy atom. The van der Waals surface area contributed by atoms with Gasteiger partial charge in [0.25, 0.3) is 10.1 Å². The number of rotatable bonds is 7. The molecule has 0 amide bonds. The van der Waals surface area contributed by atoms with Crippen molar-refractivity contribution in [2.75, 3.05) is 0 Å².